The van der Waals surface area contributed by atoms with Gasteiger partial charge in [-0.1, -0.05) is 26.0 Å². The Hall–Kier alpha value is -1.81. The van der Waals surface area contributed by atoms with Crippen LogP contribution in [0.5, 0.6) is 5.75 Å². The monoisotopic (exact) mass is 554 g/mol. The molecule has 0 bridgehead atoms. The highest BCUT2D eigenvalue weighted by Gasteiger charge is 2.27. The number of guanidine groups is 1. The summed E-state index contributed by atoms with van der Waals surface area (Å²) < 4.78 is 7.36. The standard InChI is InChI=1S/C24H38N6O.HI/c1-6-25-24(30-13-12-20(18-30)21-15-27-28(4)17-21)26-16-23(29(7-2)8-3)19-10-9-11-22(14-19)31-5;/h9-11,14-15,17,20,23H,6-8,12-13,16,18H2,1-5H3,(H,25,26);1H. The predicted octanol–water partition coefficient (Wildman–Crippen LogP) is 3.88. The molecule has 8 heteroatoms. The minimum Gasteiger partial charge on any atom is -0.497 e. The van der Waals surface area contributed by atoms with Gasteiger partial charge in [0.1, 0.15) is 5.75 Å². The molecule has 32 heavy (non-hydrogen) atoms. The fourth-order valence-corrected chi connectivity index (χ4v) is 4.42. The van der Waals surface area contributed by atoms with Crippen LogP contribution >= 0.6 is 24.0 Å². The Labute approximate surface area is 210 Å². The molecule has 0 radical (unpaired) electrons. The third-order valence-corrected chi connectivity index (χ3v) is 6.16. The van der Waals surface area contributed by atoms with E-state index in [2.05, 4.69) is 65.4 Å². The quantitative estimate of drug-likeness (QED) is 0.290. The maximum Gasteiger partial charge on any atom is 0.194 e. The number of halogens is 1. The Morgan fingerprint density at radius 1 is 1.31 bits per heavy atom. The van der Waals surface area contributed by atoms with Crippen LogP contribution in [0, 0.1) is 0 Å². The van der Waals surface area contributed by atoms with E-state index in [0.717, 1.165) is 50.9 Å². The number of hydrogen-bond donors (Lipinski definition) is 1. The zero-order valence-electron chi connectivity index (χ0n) is 20.1. The van der Waals surface area contributed by atoms with Gasteiger partial charge >= 0.3 is 0 Å². The van der Waals surface area contributed by atoms with Crippen LogP contribution in [0.15, 0.2) is 41.7 Å². The van der Waals surface area contributed by atoms with Crippen LogP contribution in [0.3, 0.4) is 0 Å². The summed E-state index contributed by atoms with van der Waals surface area (Å²) in [6.07, 6.45) is 5.26. The molecular weight excluding hydrogens is 515 g/mol. The van der Waals surface area contributed by atoms with E-state index in [1.165, 1.54) is 11.1 Å². The summed E-state index contributed by atoms with van der Waals surface area (Å²) in [6, 6.07) is 8.61. The fraction of sp³-hybridized carbons (Fsp3) is 0.583. The second-order valence-electron chi connectivity index (χ2n) is 8.09. The molecule has 1 aliphatic rings. The largest absolute Gasteiger partial charge is 0.497 e. The summed E-state index contributed by atoms with van der Waals surface area (Å²) in [5.74, 6) is 2.41. The molecule has 7 nitrogen and oxygen atoms in total. The lowest BCUT2D eigenvalue weighted by molar-refractivity contribution is 0.223. The van der Waals surface area contributed by atoms with Gasteiger partial charge in [0, 0.05) is 38.8 Å². The molecule has 0 aliphatic carbocycles. The molecule has 2 atom stereocenters. The molecule has 1 aromatic carbocycles. The summed E-state index contributed by atoms with van der Waals surface area (Å²) in [5.41, 5.74) is 2.57. The molecule has 2 unspecified atom stereocenters. The first-order chi connectivity index (χ1) is 15.1. The van der Waals surface area contributed by atoms with E-state index < -0.39 is 0 Å². The van der Waals surface area contributed by atoms with E-state index in [1.807, 2.05) is 24.0 Å². The lowest BCUT2D eigenvalue weighted by atomic mass is 10.0. The van der Waals surface area contributed by atoms with Crippen molar-refractivity contribution in [1.29, 1.82) is 0 Å². The number of aryl methyl sites for hydroxylation is 1. The van der Waals surface area contributed by atoms with Gasteiger partial charge in [0.25, 0.3) is 0 Å². The number of hydrogen-bond acceptors (Lipinski definition) is 4. The van der Waals surface area contributed by atoms with E-state index in [9.17, 15) is 0 Å². The van der Waals surface area contributed by atoms with Crippen LogP contribution in [-0.2, 0) is 7.05 Å². The Balaban J connectivity index is 0.00000363. The number of methoxy groups -OCH3 is 1. The van der Waals surface area contributed by atoms with Crippen molar-refractivity contribution in [1.82, 2.24) is 24.9 Å². The SMILES string of the molecule is CCNC(=NCC(c1cccc(OC)c1)N(CC)CC)N1CCC(c2cnn(C)c2)C1.I. The first-order valence-corrected chi connectivity index (χ1v) is 11.5. The maximum absolute atomic E-state index is 5.47. The van der Waals surface area contributed by atoms with E-state index in [1.54, 1.807) is 7.11 Å². The van der Waals surface area contributed by atoms with Gasteiger partial charge in [0.2, 0.25) is 0 Å². The molecule has 0 saturated carbocycles. The summed E-state index contributed by atoms with van der Waals surface area (Å²) >= 11 is 0. The summed E-state index contributed by atoms with van der Waals surface area (Å²) in [4.78, 5) is 9.96. The number of likely N-dealkylation sites (tertiary alicyclic amines) is 1. The number of nitrogens with zero attached hydrogens (tertiary/aromatic N) is 5. The molecule has 1 saturated heterocycles. The zero-order chi connectivity index (χ0) is 22.2. The number of aromatic nitrogens is 2. The van der Waals surface area contributed by atoms with E-state index in [0.29, 0.717) is 12.5 Å². The van der Waals surface area contributed by atoms with E-state index in [4.69, 9.17) is 9.73 Å². The minimum atomic E-state index is 0. The van der Waals surface area contributed by atoms with Crippen LogP contribution in [0.1, 0.15) is 50.3 Å². The van der Waals surface area contributed by atoms with Crippen molar-refractivity contribution < 1.29 is 4.74 Å². The highest BCUT2D eigenvalue weighted by Crippen LogP contribution is 2.28. The number of rotatable bonds is 9. The molecule has 178 valence electrons. The average molecular weight is 555 g/mol. The van der Waals surface area contributed by atoms with Crippen molar-refractivity contribution in [2.75, 3.05) is 46.4 Å². The van der Waals surface area contributed by atoms with E-state index >= 15 is 0 Å². The number of likely N-dealkylation sites (N-methyl/N-ethyl adjacent to an activating group) is 1. The molecule has 3 rings (SSSR count). The van der Waals surface area contributed by atoms with Crippen molar-refractivity contribution in [2.24, 2.45) is 12.0 Å². The van der Waals surface area contributed by atoms with Crippen LogP contribution < -0.4 is 10.1 Å². The molecule has 2 aromatic rings. The zero-order valence-corrected chi connectivity index (χ0v) is 22.5. The molecule has 0 amide bonds. The molecule has 1 aromatic heterocycles. The summed E-state index contributed by atoms with van der Waals surface area (Å²) in [6.45, 7) is 12.1. The van der Waals surface area contributed by atoms with Crippen LogP contribution in [-0.4, -0.2) is 71.9 Å². The van der Waals surface area contributed by atoms with Gasteiger partial charge in [-0.05, 0) is 49.7 Å². The smallest absolute Gasteiger partial charge is 0.194 e. The molecule has 0 spiro atoms. The van der Waals surface area contributed by atoms with Gasteiger partial charge in [0.05, 0.1) is 25.9 Å². The highest BCUT2D eigenvalue weighted by molar-refractivity contribution is 14.0. The third-order valence-electron chi connectivity index (χ3n) is 6.16. The van der Waals surface area contributed by atoms with Gasteiger partial charge in [-0.25, -0.2) is 0 Å². The predicted molar refractivity (Wildman–Crippen MR) is 142 cm³/mol. The van der Waals surface area contributed by atoms with Gasteiger partial charge in [0.15, 0.2) is 5.96 Å². The molecule has 1 fully saturated rings. The first-order valence-electron chi connectivity index (χ1n) is 11.5. The fourth-order valence-electron chi connectivity index (χ4n) is 4.42. The number of aliphatic imine (C=N–C) groups is 1. The Morgan fingerprint density at radius 2 is 2.09 bits per heavy atom. The first kappa shape index (κ1) is 26.4. The van der Waals surface area contributed by atoms with E-state index in [-0.39, 0.29) is 30.0 Å². The van der Waals surface area contributed by atoms with Gasteiger partial charge in [-0.15, -0.1) is 24.0 Å². The highest BCUT2D eigenvalue weighted by atomic mass is 127. The molecule has 1 aliphatic heterocycles. The lowest BCUT2D eigenvalue weighted by Crippen LogP contribution is -2.41. The summed E-state index contributed by atoms with van der Waals surface area (Å²) in [7, 11) is 3.70. The molecular formula is C24H39IN6O. The summed E-state index contributed by atoms with van der Waals surface area (Å²) in [5, 5.41) is 7.87. The minimum absolute atomic E-state index is 0. The van der Waals surface area contributed by atoms with Crippen LogP contribution in [0.2, 0.25) is 0 Å². The molecule has 1 N–H and O–H groups in total. The second kappa shape index (κ2) is 13.0. The van der Waals surface area contributed by atoms with Gasteiger partial charge in [-0.3, -0.25) is 14.6 Å². The number of ether oxygens (including phenoxy) is 1. The van der Waals surface area contributed by atoms with Crippen molar-refractivity contribution in [3.05, 3.63) is 47.8 Å². The number of benzene rings is 1. The van der Waals surface area contributed by atoms with Crippen LogP contribution in [0.4, 0.5) is 0 Å². The van der Waals surface area contributed by atoms with Crippen molar-refractivity contribution in [3.63, 3.8) is 0 Å². The van der Waals surface area contributed by atoms with Gasteiger partial charge < -0.3 is 15.0 Å². The Morgan fingerprint density at radius 3 is 2.72 bits per heavy atom. The van der Waals surface area contributed by atoms with Crippen LogP contribution in [0.25, 0.3) is 0 Å². The Bertz CT molecular complexity index is 851. The van der Waals surface area contributed by atoms with Crippen molar-refractivity contribution in [3.8, 4) is 5.75 Å². The van der Waals surface area contributed by atoms with Gasteiger partial charge in [-0.2, -0.15) is 5.10 Å². The lowest BCUT2D eigenvalue weighted by Gasteiger charge is -2.30. The number of nitrogens with one attached hydrogen (secondary N) is 1. The third kappa shape index (κ3) is 6.60. The van der Waals surface area contributed by atoms with Crippen molar-refractivity contribution >= 4 is 29.9 Å². The Kier molecular flexibility index (Phi) is 10.8. The second-order valence-corrected chi connectivity index (χ2v) is 8.09. The average Bonchev–Trinajstić information content (AvgIpc) is 3.45. The van der Waals surface area contributed by atoms with Crippen molar-refractivity contribution in [2.45, 2.75) is 39.2 Å². The maximum atomic E-state index is 5.47. The topological polar surface area (TPSA) is 57.9 Å². The normalized spacial score (nSPS) is 17.4. The molecule has 2 heterocycles.